The Hall–Kier alpha value is -0.700. The summed E-state index contributed by atoms with van der Waals surface area (Å²) in [5, 5.41) is 2.90. The molecular weight excluding hydrogens is 230 g/mol. The number of carbonyl (C=O) groups is 1. The van der Waals surface area contributed by atoms with E-state index in [4.69, 9.17) is 0 Å². The predicted molar refractivity (Wildman–Crippen MR) is 71.2 cm³/mol. The number of ketones is 1. The van der Waals surface area contributed by atoms with Gasteiger partial charge in [-0.15, -0.1) is 11.3 Å². The van der Waals surface area contributed by atoms with Gasteiger partial charge in [0.15, 0.2) is 0 Å². The van der Waals surface area contributed by atoms with Crippen LogP contribution in [-0.2, 0) is 11.2 Å². The summed E-state index contributed by atoms with van der Waals surface area (Å²) in [4.78, 5) is 16.2. The van der Waals surface area contributed by atoms with Crippen LogP contribution in [-0.4, -0.2) is 10.8 Å². The molecule has 2 nitrogen and oxygen atoms in total. The van der Waals surface area contributed by atoms with Crippen LogP contribution in [0.1, 0.15) is 50.5 Å². The minimum atomic E-state index is 0.210. The molecule has 0 amide bonds. The third-order valence-corrected chi connectivity index (χ3v) is 4.55. The van der Waals surface area contributed by atoms with Crippen LogP contribution in [0.3, 0.4) is 0 Å². The van der Waals surface area contributed by atoms with E-state index in [1.165, 1.54) is 32.1 Å². The first-order valence-electron chi connectivity index (χ1n) is 6.67. The van der Waals surface area contributed by atoms with E-state index in [0.717, 1.165) is 17.3 Å². The summed E-state index contributed by atoms with van der Waals surface area (Å²) in [7, 11) is 0. The molecule has 1 aliphatic carbocycles. The lowest BCUT2D eigenvalue weighted by Gasteiger charge is -2.23. The molecule has 1 aliphatic rings. The van der Waals surface area contributed by atoms with Gasteiger partial charge in [-0.25, -0.2) is 4.98 Å². The number of hydrogen-bond donors (Lipinski definition) is 0. The first-order chi connectivity index (χ1) is 8.25. The molecule has 0 aliphatic heterocycles. The van der Waals surface area contributed by atoms with Crippen LogP contribution in [0.4, 0.5) is 0 Å². The van der Waals surface area contributed by atoms with E-state index in [2.05, 4.69) is 11.9 Å². The zero-order chi connectivity index (χ0) is 12.1. The lowest BCUT2D eigenvalue weighted by molar-refractivity contribution is -0.122. The minimum Gasteiger partial charge on any atom is -0.299 e. The van der Waals surface area contributed by atoms with Gasteiger partial charge < -0.3 is 0 Å². The minimum absolute atomic E-state index is 0.210. The monoisotopic (exact) mass is 251 g/mol. The highest BCUT2D eigenvalue weighted by Gasteiger charge is 2.21. The second-order valence-electron chi connectivity index (χ2n) is 5.21. The number of nitrogens with zero attached hydrogens (tertiary/aromatic N) is 1. The maximum Gasteiger partial charge on any atom is 0.142 e. The molecule has 17 heavy (non-hydrogen) atoms. The van der Waals surface area contributed by atoms with Gasteiger partial charge in [0, 0.05) is 17.5 Å². The highest BCUT2D eigenvalue weighted by molar-refractivity contribution is 7.09. The Balaban J connectivity index is 1.78. The fourth-order valence-corrected chi connectivity index (χ4v) is 3.34. The third kappa shape index (κ3) is 3.91. The number of hydrogen-bond acceptors (Lipinski definition) is 3. The van der Waals surface area contributed by atoms with Crippen molar-refractivity contribution in [3.05, 3.63) is 16.6 Å². The summed E-state index contributed by atoms with van der Waals surface area (Å²) in [6, 6.07) is 0. The Morgan fingerprint density at radius 2 is 2.24 bits per heavy atom. The van der Waals surface area contributed by atoms with Crippen molar-refractivity contribution in [1.82, 2.24) is 4.98 Å². The Kier molecular flexibility index (Phi) is 4.72. The lowest BCUT2D eigenvalue weighted by atomic mass is 9.82. The molecule has 2 rings (SSSR count). The summed E-state index contributed by atoms with van der Waals surface area (Å²) in [6.45, 7) is 2.09. The van der Waals surface area contributed by atoms with Crippen LogP contribution in [0.5, 0.6) is 0 Å². The third-order valence-electron chi connectivity index (χ3n) is 3.77. The van der Waals surface area contributed by atoms with Gasteiger partial charge in [-0.05, 0) is 12.3 Å². The first kappa shape index (κ1) is 12.7. The molecule has 1 atom stereocenters. The van der Waals surface area contributed by atoms with Crippen molar-refractivity contribution in [2.45, 2.75) is 51.9 Å². The summed E-state index contributed by atoms with van der Waals surface area (Å²) in [6.07, 6.45) is 10.2. The van der Waals surface area contributed by atoms with Crippen molar-refractivity contribution < 1.29 is 4.79 Å². The summed E-state index contributed by atoms with van der Waals surface area (Å²) in [5.74, 6) is 1.37. The van der Waals surface area contributed by atoms with Crippen molar-refractivity contribution in [1.29, 1.82) is 0 Å². The highest BCUT2D eigenvalue weighted by atomic mass is 32.1. The number of aromatic nitrogens is 1. The Bertz CT molecular complexity index is 341. The second-order valence-corrected chi connectivity index (χ2v) is 6.19. The maximum absolute atomic E-state index is 12.1. The van der Waals surface area contributed by atoms with E-state index < -0.39 is 0 Å². The van der Waals surface area contributed by atoms with Crippen molar-refractivity contribution in [2.75, 3.05) is 0 Å². The van der Waals surface area contributed by atoms with Gasteiger partial charge in [-0.3, -0.25) is 4.79 Å². The molecule has 1 unspecified atom stereocenters. The van der Waals surface area contributed by atoms with Crippen molar-refractivity contribution in [3.63, 3.8) is 0 Å². The topological polar surface area (TPSA) is 30.0 Å². The van der Waals surface area contributed by atoms with Gasteiger partial charge in [0.05, 0.1) is 11.4 Å². The molecule has 1 aromatic heterocycles. The molecule has 0 radical (unpaired) electrons. The zero-order valence-electron chi connectivity index (χ0n) is 10.5. The Morgan fingerprint density at radius 1 is 1.47 bits per heavy atom. The summed E-state index contributed by atoms with van der Waals surface area (Å²) in [5.41, 5.74) is 0. The Labute approximate surface area is 107 Å². The van der Waals surface area contributed by atoms with Gasteiger partial charge >= 0.3 is 0 Å². The number of Topliss-reactive ketones (excluding diaryl/α,β-unsaturated/α-hetero) is 1. The van der Waals surface area contributed by atoms with Gasteiger partial charge in [0.2, 0.25) is 0 Å². The lowest BCUT2D eigenvalue weighted by Crippen LogP contribution is -2.19. The van der Waals surface area contributed by atoms with E-state index in [9.17, 15) is 4.79 Å². The van der Waals surface area contributed by atoms with E-state index in [0.29, 0.717) is 12.2 Å². The fourth-order valence-electron chi connectivity index (χ4n) is 2.72. The number of rotatable bonds is 5. The number of carbonyl (C=O) groups excluding carboxylic acids is 1. The van der Waals surface area contributed by atoms with E-state index in [-0.39, 0.29) is 5.92 Å². The maximum atomic E-state index is 12.1. The van der Waals surface area contributed by atoms with E-state index >= 15 is 0 Å². The zero-order valence-corrected chi connectivity index (χ0v) is 11.3. The SMILES string of the molecule is CC(CC1CCCCC1)C(=O)Cc1nccs1. The molecular formula is C14H21NOS. The van der Waals surface area contributed by atoms with Crippen LogP contribution in [0, 0.1) is 11.8 Å². The van der Waals surface area contributed by atoms with E-state index in [1.807, 2.05) is 5.38 Å². The predicted octanol–water partition coefficient (Wildman–Crippen LogP) is 3.86. The largest absolute Gasteiger partial charge is 0.299 e. The molecule has 0 aromatic carbocycles. The average molecular weight is 251 g/mol. The van der Waals surface area contributed by atoms with E-state index in [1.54, 1.807) is 17.5 Å². The molecule has 0 spiro atoms. The van der Waals surface area contributed by atoms with Crippen LogP contribution >= 0.6 is 11.3 Å². The Morgan fingerprint density at radius 3 is 2.88 bits per heavy atom. The fraction of sp³-hybridized carbons (Fsp3) is 0.714. The molecule has 1 saturated carbocycles. The number of thiazole rings is 1. The molecule has 1 fully saturated rings. The quantitative estimate of drug-likeness (QED) is 0.795. The standard InChI is InChI=1S/C14H21NOS/c1-11(9-12-5-3-2-4-6-12)13(16)10-14-15-7-8-17-14/h7-8,11-12H,2-6,9-10H2,1H3. The van der Waals surface area contributed by atoms with Crippen molar-refractivity contribution in [3.8, 4) is 0 Å². The van der Waals surface area contributed by atoms with Crippen LogP contribution in [0.15, 0.2) is 11.6 Å². The molecule has 1 aromatic rings. The molecule has 0 N–H and O–H groups in total. The molecule has 94 valence electrons. The van der Waals surface area contributed by atoms with Gasteiger partial charge in [-0.1, -0.05) is 39.0 Å². The van der Waals surface area contributed by atoms with Crippen LogP contribution < -0.4 is 0 Å². The second kappa shape index (κ2) is 6.29. The first-order valence-corrected chi connectivity index (χ1v) is 7.54. The van der Waals surface area contributed by atoms with Gasteiger partial charge in [0.25, 0.3) is 0 Å². The molecule has 0 bridgehead atoms. The highest BCUT2D eigenvalue weighted by Crippen LogP contribution is 2.29. The van der Waals surface area contributed by atoms with Crippen LogP contribution in [0.2, 0.25) is 0 Å². The molecule has 3 heteroatoms. The summed E-state index contributed by atoms with van der Waals surface area (Å²) >= 11 is 1.58. The average Bonchev–Trinajstić information content (AvgIpc) is 2.83. The van der Waals surface area contributed by atoms with Crippen molar-refractivity contribution >= 4 is 17.1 Å². The molecule has 1 heterocycles. The van der Waals surface area contributed by atoms with Crippen LogP contribution in [0.25, 0.3) is 0 Å². The normalized spacial score (nSPS) is 19.1. The smallest absolute Gasteiger partial charge is 0.142 e. The molecule has 0 saturated heterocycles. The van der Waals surface area contributed by atoms with Gasteiger partial charge in [0.1, 0.15) is 5.78 Å². The van der Waals surface area contributed by atoms with Crippen molar-refractivity contribution in [2.24, 2.45) is 11.8 Å². The summed E-state index contributed by atoms with van der Waals surface area (Å²) < 4.78 is 0. The van der Waals surface area contributed by atoms with Gasteiger partial charge in [-0.2, -0.15) is 0 Å².